The van der Waals surface area contributed by atoms with Crippen LogP contribution in [0, 0.1) is 5.82 Å². The molecule has 2 saturated heterocycles. The van der Waals surface area contributed by atoms with Gasteiger partial charge in [0.15, 0.2) is 12.1 Å². The lowest BCUT2D eigenvalue weighted by molar-refractivity contribution is -0.109. The zero-order valence-electron chi connectivity index (χ0n) is 20.2. The molecule has 0 spiro atoms. The number of benzene rings is 1. The Morgan fingerprint density at radius 2 is 1.97 bits per heavy atom. The number of aromatic nitrogens is 3. The molecule has 2 N–H and O–H groups in total. The van der Waals surface area contributed by atoms with Crippen LogP contribution in [0.5, 0.6) is 11.8 Å². The third-order valence-corrected chi connectivity index (χ3v) is 7.19. The number of carboxylic acid groups (broad SMARTS) is 1. The fraction of sp³-hybridized carbons (Fsp3) is 0.400. The van der Waals surface area contributed by atoms with Crippen LogP contribution in [0.4, 0.5) is 15.0 Å². The van der Waals surface area contributed by atoms with Crippen LogP contribution < -0.4 is 9.64 Å². The van der Waals surface area contributed by atoms with E-state index in [9.17, 15) is 19.8 Å². The summed E-state index contributed by atoms with van der Waals surface area (Å²) in [5.41, 5.74) is 0.843. The number of anilines is 1. The van der Waals surface area contributed by atoms with Crippen LogP contribution in [-0.2, 0) is 4.79 Å². The number of halogens is 2. The average molecular weight is 530 g/mol. The zero-order valence-corrected chi connectivity index (χ0v) is 20.9. The Hall–Kier alpha value is -3.73. The molecule has 2 aliphatic rings. The van der Waals surface area contributed by atoms with E-state index in [0.29, 0.717) is 41.7 Å². The molecule has 2 aliphatic heterocycles. The number of amides is 1. The van der Waals surface area contributed by atoms with Gasteiger partial charge in [-0.25, -0.2) is 9.18 Å². The molecule has 194 valence electrons. The molecule has 2 bridgehead atoms. The number of fused-ring (bicyclic) bond motifs is 3. The number of carbonyl (C=O) groups is 2. The van der Waals surface area contributed by atoms with E-state index in [1.165, 1.54) is 23.2 Å². The number of nitrogens with zero attached hydrogens (tertiary/aromatic N) is 5. The van der Waals surface area contributed by atoms with Gasteiger partial charge in [-0.2, -0.15) is 9.97 Å². The molecule has 2 atom stereocenters. The molecule has 4 heterocycles. The van der Waals surface area contributed by atoms with Crippen molar-refractivity contribution in [1.82, 2.24) is 19.9 Å². The van der Waals surface area contributed by atoms with Gasteiger partial charge in [0.2, 0.25) is 0 Å². The summed E-state index contributed by atoms with van der Waals surface area (Å²) in [5, 5.41) is 20.4. The van der Waals surface area contributed by atoms with Crippen LogP contribution in [0.15, 0.2) is 18.3 Å². The number of hydrogen-bond acceptors (Lipinski definition) is 8. The van der Waals surface area contributed by atoms with Crippen molar-refractivity contribution in [3.63, 3.8) is 0 Å². The molecule has 2 unspecified atom stereocenters. The number of piperazine rings is 1. The van der Waals surface area contributed by atoms with Gasteiger partial charge in [-0.3, -0.25) is 14.7 Å². The van der Waals surface area contributed by atoms with Crippen molar-refractivity contribution in [2.75, 3.05) is 24.6 Å². The Labute approximate surface area is 216 Å². The fourth-order valence-electron chi connectivity index (χ4n) is 5.40. The summed E-state index contributed by atoms with van der Waals surface area (Å²) >= 11 is 6.39. The minimum Gasteiger partial charge on any atom is -0.508 e. The number of aldehydes is 1. The third-order valence-electron chi connectivity index (χ3n) is 6.87. The number of ether oxygens (including phenoxy) is 1. The maximum absolute atomic E-state index is 16.1. The van der Waals surface area contributed by atoms with Crippen molar-refractivity contribution in [2.45, 2.75) is 44.7 Å². The zero-order chi connectivity index (χ0) is 26.4. The maximum Gasteiger partial charge on any atom is 0.407 e. The van der Waals surface area contributed by atoms with Crippen molar-refractivity contribution >= 4 is 40.7 Å². The number of phenols is 1. The lowest BCUT2D eigenvalue weighted by atomic mass is 9.94. The van der Waals surface area contributed by atoms with Crippen LogP contribution in [0.2, 0.25) is 5.02 Å². The quantitative estimate of drug-likeness (QED) is 0.451. The molecule has 2 fully saturated rings. The number of pyridine rings is 1. The van der Waals surface area contributed by atoms with Gasteiger partial charge in [-0.1, -0.05) is 25.4 Å². The second kappa shape index (κ2) is 9.62. The molecular weight excluding hydrogens is 505 g/mol. The molecule has 1 aromatic carbocycles. The summed E-state index contributed by atoms with van der Waals surface area (Å²) in [6.07, 6.45) is 2.48. The second-order valence-electron chi connectivity index (χ2n) is 9.51. The first-order valence-corrected chi connectivity index (χ1v) is 12.3. The summed E-state index contributed by atoms with van der Waals surface area (Å²) in [7, 11) is 0. The Bertz CT molecular complexity index is 1390. The van der Waals surface area contributed by atoms with Crippen molar-refractivity contribution in [3.8, 4) is 23.0 Å². The van der Waals surface area contributed by atoms with Crippen molar-refractivity contribution < 1.29 is 28.9 Å². The van der Waals surface area contributed by atoms with Crippen LogP contribution in [-0.4, -0.2) is 74.2 Å². The number of phenolic OH excluding ortho intramolecular Hbond substituents is 1. The molecule has 10 nitrogen and oxygen atoms in total. The van der Waals surface area contributed by atoms with Crippen LogP contribution in [0.3, 0.4) is 0 Å². The first-order valence-electron chi connectivity index (χ1n) is 11.9. The van der Waals surface area contributed by atoms with Gasteiger partial charge in [0, 0.05) is 29.9 Å². The highest BCUT2D eigenvalue weighted by Crippen LogP contribution is 2.41. The van der Waals surface area contributed by atoms with E-state index in [4.69, 9.17) is 16.3 Å². The molecule has 5 rings (SSSR count). The standard InChI is InChI=1S/C25H25ClFN5O5/c1-12(2)19-16(7-15(34)8-18(19)26)21-20(27)22-17(9-28-21)23(30-24(29-22)37-6-5-33)31-10-13-3-4-14(11-31)32(13)25(35)36/h5,7-9,12-14,34H,3-4,6,10-11H2,1-2H3,(H,35,36). The molecule has 12 heteroatoms. The topological polar surface area (TPSA) is 129 Å². The van der Waals surface area contributed by atoms with Crippen LogP contribution in [0.1, 0.15) is 38.2 Å². The van der Waals surface area contributed by atoms with E-state index in [0.717, 1.165) is 12.8 Å². The number of rotatable bonds is 6. The van der Waals surface area contributed by atoms with Gasteiger partial charge in [0.1, 0.15) is 29.4 Å². The molecular formula is C25H25ClFN5O5. The van der Waals surface area contributed by atoms with Crippen molar-refractivity contribution in [1.29, 1.82) is 0 Å². The third kappa shape index (κ3) is 4.37. The Balaban J connectivity index is 1.66. The monoisotopic (exact) mass is 529 g/mol. The predicted octanol–water partition coefficient (Wildman–Crippen LogP) is 4.22. The summed E-state index contributed by atoms with van der Waals surface area (Å²) in [5.74, 6) is -0.624. The molecule has 37 heavy (non-hydrogen) atoms. The van der Waals surface area contributed by atoms with Crippen molar-refractivity contribution in [2.24, 2.45) is 0 Å². The minimum absolute atomic E-state index is 0.0456. The molecule has 3 aromatic rings. The number of aromatic hydroxyl groups is 1. The van der Waals surface area contributed by atoms with Gasteiger partial charge in [0.25, 0.3) is 0 Å². The van der Waals surface area contributed by atoms with E-state index in [2.05, 4.69) is 15.0 Å². The number of carbonyl (C=O) groups excluding carboxylic acids is 1. The largest absolute Gasteiger partial charge is 0.508 e. The van der Waals surface area contributed by atoms with Crippen LogP contribution >= 0.6 is 11.6 Å². The summed E-state index contributed by atoms with van der Waals surface area (Å²) in [6, 6.07) is 2.18. The lowest BCUT2D eigenvalue weighted by Gasteiger charge is -2.40. The molecule has 0 saturated carbocycles. The predicted molar refractivity (Wildman–Crippen MR) is 134 cm³/mol. The number of hydrogen-bond donors (Lipinski definition) is 2. The van der Waals surface area contributed by atoms with Gasteiger partial charge in [0.05, 0.1) is 17.5 Å². The lowest BCUT2D eigenvalue weighted by Crippen LogP contribution is -2.55. The van der Waals surface area contributed by atoms with E-state index >= 15 is 4.39 Å². The summed E-state index contributed by atoms with van der Waals surface area (Å²) < 4.78 is 21.5. The first-order chi connectivity index (χ1) is 17.7. The fourth-order valence-corrected chi connectivity index (χ4v) is 5.83. The average Bonchev–Trinajstić information content (AvgIpc) is 3.12. The highest BCUT2D eigenvalue weighted by atomic mass is 35.5. The molecule has 0 aliphatic carbocycles. The Morgan fingerprint density at radius 1 is 1.27 bits per heavy atom. The maximum atomic E-state index is 16.1. The molecule has 2 aromatic heterocycles. The highest BCUT2D eigenvalue weighted by Gasteiger charge is 2.43. The molecule has 0 radical (unpaired) electrons. The second-order valence-corrected chi connectivity index (χ2v) is 9.92. The van der Waals surface area contributed by atoms with Crippen LogP contribution in [0.25, 0.3) is 22.2 Å². The summed E-state index contributed by atoms with van der Waals surface area (Å²) in [6.45, 7) is 4.22. The first kappa shape index (κ1) is 24.9. The van der Waals surface area contributed by atoms with E-state index in [1.807, 2.05) is 18.7 Å². The van der Waals surface area contributed by atoms with E-state index in [1.54, 1.807) is 0 Å². The normalized spacial score (nSPS) is 19.1. The minimum atomic E-state index is -0.960. The Kier molecular flexibility index (Phi) is 6.49. The smallest absolute Gasteiger partial charge is 0.407 e. The highest BCUT2D eigenvalue weighted by molar-refractivity contribution is 6.32. The van der Waals surface area contributed by atoms with E-state index < -0.39 is 11.9 Å². The molecule has 1 amide bonds. The van der Waals surface area contributed by atoms with Gasteiger partial charge >= 0.3 is 12.1 Å². The van der Waals surface area contributed by atoms with Crippen molar-refractivity contribution in [3.05, 3.63) is 34.7 Å². The van der Waals surface area contributed by atoms with Gasteiger partial charge in [-0.15, -0.1) is 0 Å². The van der Waals surface area contributed by atoms with Gasteiger partial charge < -0.3 is 19.8 Å². The van der Waals surface area contributed by atoms with Gasteiger partial charge in [-0.05, 0) is 36.5 Å². The van der Waals surface area contributed by atoms with E-state index in [-0.39, 0.29) is 52.6 Å². The Morgan fingerprint density at radius 3 is 2.59 bits per heavy atom. The SMILES string of the molecule is CC(C)c1c(Cl)cc(O)cc1-c1ncc2c(N3CC4CCC(C3)N4C(=O)O)nc(OCC=O)nc2c1F. The summed E-state index contributed by atoms with van der Waals surface area (Å²) in [4.78, 5) is 39.1.